The van der Waals surface area contributed by atoms with E-state index in [-0.39, 0.29) is 6.10 Å². The van der Waals surface area contributed by atoms with Gasteiger partial charge in [0.2, 0.25) is 0 Å². The van der Waals surface area contributed by atoms with E-state index in [0.717, 1.165) is 0 Å². The highest BCUT2D eigenvalue weighted by molar-refractivity contribution is 9.10. The van der Waals surface area contributed by atoms with Gasteiger partial charge in [0.15, 0.2) is 0 Å². The van der Waals surface area contributed by atoms with Crippen molar-refractivity contribution in [3.8, 4) is 0 Å². The number of anilines is 1. The fraction of sp³-hybridized carbons (Fsp3) is 0.333. The predicted molar refractivity (Wildman–Crippen MR) is 67.3 cm³/mol. The van der Waals surface area contributed by atoms with Gasteiger partial charge in [-0.15, -0.1) is 0 Å². The third kappa shape index (κ3) is 2.00. The fourth-order valence-electron chi connectivity index (χ4n) is 1.81. The molecule has 0 spiro atoms. The van der Waals surface area contributed by atoms with Crippen molar-refractivity contribution in [3.05, 3.63) is 28.2 Å². The first-order valence-electron chi connectivity index (χ1n) is 5.23. The van der Waals surface area contributed by atoms with E-state index in [1.165, 1.54) is 4.90 Å². The lowest BCUT2D eigenvalue weighted by Gasteiger charge is -2.20. The Labute approximate surface area is 108 Å². The molecular weight excluding hydrogens is 286 g/mol. The Morgan fingerprint density at radius 3 is 2.76 bits per heavy atom. The SMILES string of the molecule is COC(C)CN1C(=O)C(=O)c2c(Br)cccc21. The average Bonchev–Trinajstić information content (AvgIpc) is 2.55. The maximum absolute atomic E-state index is 11.9. The molecule has 2 rings (SSSR count). The Balaban J connectivity index is 2.42. The molecule has 0 fully saturated rings. The molecule has 1 atom stereocenters. The van der Waals surface area contributed by atoms with Crippen LogP contribution in [0.1, 0.15) is 17.3 Å². The Morgan fingerprint density at radius 1 is 1.41 bits per heavy atom. The summed E-state index contributed by atoms with van der Waals surface area (Å²) in [6, 6.07) is 5.33. The first-order chi connectivity index (χ1) is 8.06. The topological polar surface area (TPSA) is 46.6 Å². The maximum atomic E-state index is 11.9. The molecular formula is C12H12BrNO3. The lowest BCUT2D eigenvalue weighted by molar-refractivity contribution is -0.114. The van der Waals surface area contributed by atoms with E-state index >= 15 is 0 Å². The molecule has 1 heterocycles. The molecule has 0 N–H and O–H groups in total. The molecule has 1 aromatic rings. The van der Waals surface area contributed by atoms with Gasteiger partial charge in [-0.05, 0) is 35.0 Å². The van der Waals surface area contributed by atoms with Gasteiger partial charge in [0.1, 0.15) is 0 Å². The van der Waals surface area contributed by atoms with Crippen LogP contribution in [0.2, 0.25) is 0 Å². The molecule has 1 unspecified atom stereocenters. The maximum Gasteiger partial charge on any atom is 0.299 e. The van der Waals surface area contributed by atoms with Gasteiger partial charge in [0.05, 0.1) is 23.9 Å². The Kier molecular flexibility index (Phi) is 3.31. The lowest BCUT2D eigenvalue weighted by atomic mass is 10.1. The van der Waals surface area contributed by atoms with Crippen molar-refractivity contribution in [2.45, 2.75) is 13.0 Å². The van der Waals surface area contributed by atoms with Gasteiger partial charge in [-0.2, -0.15) is 0 Å². The summed E-state index contributed by atoms with van der Waals surface area (Å²) in [5, 5.41) is 0. The molecule has 0 bridgehead atoms. The largest absolute Gasteiger partial charge is 0.380 e. The zero-order chi connectivity index (χ0) is 12.6. The quantitative estimate of drug-likeness (QED) is 0.802. The van der Waals surface area contributed by atoms with E-state index in [4.69, 9.17) is 4.74 Å². The summed E-state index contributed by atoms with van der Waals surface area (Å²) < 4.78 is 5.78. The molecule has 0 saturated heterocycles. The Bertz CT molecular complexity index is 487. The second-order valence-corrected chi connectivity index (χ2v) is 4.78. The van der Waals surface area contributed by atoms with Crippen LogP contribution in [0.25, 0.3) is 0 Å². The van der Waals surface area contributed by atoms with Crippen LogP contribution in [0.5, 0.6) is 0 Å². The predicted octanol–water partition coefficient (Wildman–Crippen LogP) is 2.01. The van der Waals surface area contributed by atoms with Gasteiger partial charge in [0.25, 0.3) is 11.7 Å². The second-order valence-electron chi connectivity index (χ2n) is 3.93. The number of halogens is 1. The number of amides is 1. The first kappa shape index (κ1) is 12.3. The summed E-state index contributed by atoms with van der Waals surface area (Å²) in [7, 11) is 1.58. The molecule has 1 aliphatic rings. The van der Waals surface area contributed by atoms with E-state index in [1.807, 2.05) is 6.92 Å². The van der Waals surface area contributed by atoms with Crippen molar-refractivity contribution < 1.29 is 14.3 Å². The molecule has 4 nitrogen and oxygen atoms in total. The van der Waals surface area contributed by atoms with Crippen LogP contribution in [-0.4, -0.2) is 31.4 Å². The Hall–Kier alpha value is -1.20. The summed E-state index contributed by atoms with van der Waals surface area (Å²) in [4.78, 5) is 25.2. The van der Waals surface area contributed by atoms with Crippen molar-refractivity contribution >= 4 is 33.3 Å². The summed E-state index contributed by atoms with van der Waals surface area (Å²) in [5.74, 6) is -0.952. The number of nitrogens with zero attached hydrogens (tertiary/aromatic N) is 1. The standard InChI is InChI=1S/C12H12BrNO3/c1-7(17-2)6-14-9-5-3-4-8(13)10(9)11(15)12(14)16/h3-5,7H,6H2,1-2H3. The number of methoxy groups -OCH3 is 1. The number of rotatable bonds is 3. The molecule has 0 saturated carbocycles. The summed E-state index contributed by atoms with van der Waals surface area (Å²) in [6.45, 7) is 2.23. The van der Waals surface area contributed by atoms with Crippen LogP contribution < -0.4 is 4.90 Å². The number of hydrogen-bond acceptors (Lipinski definition) is 3. The third-order valence-electron chi connectivity index (χ3n) is 2.79. The number of carbonyl (C=O) groups excluding carboxylic acids is 2. The number of benzene rings is 1. The van der Waals surface area contributed by atoms with Crippen molar-refractivity contribution in [1.29, 1.82) is 0 Å². The molecule has 0 aromatic heterocycles. The van der Waals surface area contributed by atoms with E-state index in [9.17, 15) is 9.59 Å². The molecule has 1 aliphatic heterocycles. The van der Waals surface area contributed by atoms with Crippen molar-refractivity contribution in [1.82, 2.24) is 0 Å². The van der Waals surface area contributed by atoms with Crippen molar-refractivity contribution in [3.63, 3.8) is 0 Å². The van der Waals surface area contributed by atoms with E-state index in [0.29, 0.717) is 22.3 Å². The van der Waals surface area contributed by atoms with Crippen LogP contribution in [0.3, 0.4) is 0 Å². The first-order valence-corrected chi connectivity index (χ1v) is 6.03. The summed E-state index contributed by atoms with van der Waals surface area (Å²) in [6.07, 6.45) is -0.114. The van der Waals surface area contributed by atoms with Gasteiger partial charge in [0, 0.05) is 11.6 Å². The number of hydrogen-bond donors (Lipinski definition) is 0. The third-order valence-corrected chi connectivity index (χ3v) is 3.45. The van der Waals surface area contributed by atoms with Gasteiger partial charge >= 0.3 is 0 Å². The minimum Gasteiger partial charge on any atom is -0.380 e. The highest BCUT2D eigenvalue weighted by Crippen LogP contribution is 2.34. The molecule has 1 amide bonds. The fourth-order valence-corrected chi connectivity index (χ4v) is 2.35. The number of fused-ring (bicyclic) bond motifs is 1. The average molecular weight is 298 g/mol. The monoisotopic (exact) mass is 297 g/mol. The van der Waals surface area contributed by atoms with Gasteiger partial charge in [-0.3, -0.25) is 9.59 Å². The van der Waals surface area contributed by atoms with Crippen molar-refractivity contribution in [2.24, 2.45) is 0 Å². The van der Waals surface area contributed by atoms with Crippen LogP contribution in [-0.2, 0) is 9.53 Å². The zero-order valence-corrected chi connectivity index (χ0v) is 11.2. The number of carbonyl (C=O) groups is 2. The minimum absolute atomic E-state index is 0.114. The van der Waals surface area contributed by atoms with Crippen molar-refractivity contribution in [2.75, 3.05) is 18.6 Å². The number of ether oxygens (including phenoxy) is 1. The number of ketones is 1. The van der Waals surface area contributed by atoms with Crippen LogP contribution in [0.4, 0.5) is 5.69 Å². The second kappa shape index (κ2) is 4.58. The Morgan fingerprint density at radius 2 is 2.12 bits per heavy atom. The highest BCUT2D eigenvalue weighted by atomic mass is 79.9. The van der Waals surface area contributed by atoms with Gasteiger partial charge in [-0.25, -0.2) is 0 Å². The van der Waals surface area contributed by atoms with Gasteiger partial charge in [-0.1, -0.05) is 6.07 Å². The molecule has 17 heavy (non-hydrogen) atoms. The molecule has 5 heteroatoms. The zero-order valence-electron chi connectivity index (χ0n) is 9.57. The van der Waals surface area contributed by atoms with E-state index in [1.54, 1.807) is 25.3 Å². The van der Waals surface area contributed by atoms with Crippen LogP contribution in [0.15, 0.2) is 22.7 Å². The number of Topliss-reactive ketones (excluding diaryl/α,β-unsaturated/α-hetero) is 1. The summed E-state index contributed by atoms with van der Waals surface area (Å²) >= 11 is 3.29. The highest BCUT2D eigenvalue weighted by Gasteiger charge is 2.37. The molecule has 0 radical (unpaired) electrons. The smallest absolute Gasteiger partial charge is 0.299 e. The normalized spacial score (nSPS) is 16.3. The summed E-state index contributed by atoms with van der Waals surface area (Å²) in [5.41, 5.74) is 1.10. The molecule has 90 valence electrons. The van der Waals surface area contributed by atoms with Crippen LogP contribution >= 0.6 is 15.9 Å². The molecule has 1 aromatic carbocycles. The molecule has 0 aliphatic carbocycles. The van der Waals surface area contributed by atoms with E-state index in [2.05, 4.69) is 15.9 Å². The van der Waals surface area contributed by atoms with Crippen LogP contribution in [0, 0.1) is 0 Å². The lowest BCUT2D eigenvalue weighted by Crippen LogP contribution is -2.36. The van der Waals surface area contributed by atoms with Gasteiger partial charge < -0.3 is 9.64 Å². The minimum atomic E-state index is -0.490. The van der Waals surface area contributed by atoms with E-state index < -0.39 is 11.7 Å².